The molecule has 0 fully saturated rings. The van der Waals surface area contributed by atoms with Gasteiger partial charge in [-0.05, 0) is 42.0 Å². The van der Waals surface area contributed by atoms with E-state index in [2.05, 4.69) is 20.4 Å². The molecule has 4 rings (SSSR count). The molecule has 8 heteroatoms. The lowest BCUT2D eigenvalue weighted by atomic mass is 10.1. The molecule has 27 heavy (non-hydrogen) atoms. The molecule has 8 nitrogen and oxygen atoms in total. The number of carbonyl (C=O) groups is 1. The zero-order chi connectivity index (χ0) is 18.8. The van der Waals surface area contributed by atoms with E-state index in [9.17, 15) is 9.90 Å². The van der Waals surface area contributed by atoms with Crippen LogP contribution in [0.1, 0.15) is 10.4 Å². The Morgan fingerprint density at radius 1 is 1.19 bits per heavy atom. The summed E-state index contributed by atoms with van der Waals surface area (Å²) in [4.78, 5) is 20.4. The topological polar surface area (TPSA) is 102 Å². The molecule has 0 aliphatic heterocycles. The number of anilines is 1. The molecule has 3 aromatic heterocycles. The van der Waals surface area contributed by atoms with Crippen LogP contribution in [0.25, 0.3) is 16.8 Å². The molecule has 0 spiro atoms. The molecule has 3 heterocycles. The van der Waals surface area contributed by atoms with E-state index in [4.69, 9.17) is 4.74 Å². The third-order valence-electron chi connectivity index (χ3n) is 3.99. The molecule has 0 aliphatic rings. The maximum absolute atomic E-state index is 12.2. The van der Waals surface area contributed by atoms with Crippen molar-refractivity contribution in [1.29, 1.82) is 0 Å². The molecule has 0 atom stereocenters. The summed E-state index contributed by atoms with van der Waals surface area (Å²) in [6.07, 6.45) is 4.86. The molecule has 0 unspecified atom stereocenters. The number of aromatic hydroxyl groups is 1. The van der Waals surface area contributed by atoms with E-state index >= 15 is 0 Å². The van der Waals surface area contributed by atoms with Crippen molar-refractivity contribution in [3.05, 3.63) is 66.6 Å². The van der Waals surface area contributed by atoms with Crippen LogP contribution in [0.5, 0.6) is 11.5 Å². The summed E-state index contributed by atoms with van der Waals surface area (Å²) < 4.78 is 6.72. The first kappa shape index (κ1) is 16.5. The van der Waals surface area contributed by atoms with Crippen molar-refractivity contribution in [1.82, 2.24) is 19.6 Å². The van der Waals surface area contributed by atoms with Crippen LogP contribution in [0.3, 0.4) is 0 Å². The Morgan fingerprint density at radius 3 is 2.81 bits per heavy atom. The fraction of sp³-hybridized carbons (Fsp3) is 0.0526. The van der Waals surface area contributed by atoms with Crippen LogP contribution in [-0.2, 0) is 0 Å². The first-order valence-corrected chi connectivity index (χ1v) is 8.09. The minimum Gasteiger partial charge on any atom is -0.504 e. The van der Waals surface area contributed by atoms with E-state index in [1.807, 2.05) is 6.07 Å². The van der Waals surface area contributed by atoms with Crippen molar-refractivity contribution in [3.63, 3.8) is 0 Å². The fourth-order valence-electron chi connectivity index (χ4n) is 2.63. The first-order chi connectivity index (χ1) is 13.1. The van der Waals surface area contributed by atoms with E-state index in [1.54, 1.807) is 53.3 Å². The maximum atomic E-state index is 12.2. The zero-order valence-corrected chi connectivity index (χ0v) is 14.3. The highest BCUT2D eigenvalue weighted by atomic mass is 16.5. The minimum absolute atomic E-state index is 0.0727. The molecule has 0 saturated carbocycles. The van der Waals surface area contributed by atoms with Crippen LogP contribution in [-0.4, -0.2) is 37.7 Å². The highest BCUT2D eigenvalue weighted by molar-refractivity contribution is 6.03. The van der Waals surface area contributed by atoms with Crippen molar-refractivity contribution in [2.24, 2.45) is 0 Å². The quantitative estimate of drug-likeness (QED) is 0.579. The normalized spacial score (nSPS) is 10.7. The molecular weight excluding hydrogens is 346 g/mol. The fourth-order valence-corrected chi connectivity index (χ4v) is 2.63. The number of methoxy groups -OCH3 is 1. The maximum Gasteiger partial charge on any atom is 0.259 e. The van der Waals surface area contributed by atoms with Crippen LogP contribution in [0.4, 0.5) is 5.95 Å². The zero-order valence-electron chi connectivity index (χ0n) is 14.3. The molecule has 0 radical (unpaired) electrons. The Kier molecular flexibility index (Phi) is 4.13. The summed E-state index contributed by atoms with van der Waals surface area (Å²) in [5.41, 5.74) is 2.72. The van der Waals surface area contributed by atoms with Gasteiger partial charge in [-0.25, -0.2) is 4.52 Å². The van der Waals surface area contributed by atoms with Gasteiger partial charge in [0.25, 0.3) is 5.91 Å². The van der Waals surface area contributed by atoms with Crippen molar-refractivity contribution >= 4 is 17.5 Å². The lowest BCUT2D eigenvalue weighted by Gasteiger charge is -2.07. The Hall–Kier alpha value is -3.94. The number of fused-ring (bicyclic) bond motifs is 1. The number of hydrogen-bond donors (Lipinski definition) is 2. The number of nitrogens with one attached hydrogen (secondary N) is 1. The molecule has 2 N–H and O–H groups in total. The molecule has 0 saturated heterocycles. The number of rotatable bonds is 4. The van der Waals surface area contributed by atoms with E-state index in [0.717, 1.165) is 11.1 Å². The number of amides is 1. The monoisotopic (exact) mass is 361 g/mol. The number of nitrogens with zero attached hydrogens (tertiary/aromatic N) is 4. The number of aromatic nitrogens is 4. The molecule has 0 bridgehead atoms. The number of hydrogen-bond acceptors (Lipinski definition) is 6. The number of ether oxygens (including phenoxy) is 1. The van der Waals surface area contributed by atoms with Gasteiger partial charge in [-0.2, -0.15) is 4.98 Å². The van der Waals surface area contributed by atoms with E-state index in [0.29, 0.717) is 17.0 Å². The van der Waals surface area contributed by atoms with Gasteiger partial charge >= 0.3 is 0 Å². The largest absolute Gasteiger partial charge is 0.504 e. The number of phenols is 1. The number of phenolic OH excluding ortho intramolecular Hbond substituents is 1. The minimum atomic E-state index is -0.331. The summed E-state index contributed by atoms with van der Waals surface area (Å²) in [6, 6.07) is 12.1. The van der Waals surface area contributed by atoms with Crippen LogP contribution in [0.15, 0.2) is 61.1 Å². The summed E-state index contributed by atoms with van der Waals surface area (Å²) in [5.74, 6) is 0.325. The van der Waals surface area contributed by atoms with E-state index in [1.165, 1.54) is 13.3 Å². The summed E-state index contributed by atoms with van der Waals surface area (Å²) in [6.45, 7) is 0. The average molecular weight is 361 g/mol. The summed E-state index contributed by atoms with van der Waals surface area (Å²) >= 11 is 0. The third kappa shape index (κ3) is 3.28. The smallest absolute Gasteiger partial charge is 0.259 e. The SMILES string of the molecule is COc1cc(-c2ccc3nc(NC(=O)c4cccnc4)nn3c2)ccc1O. The van der Waals surface area contributed by atoms with Crippen molar-refractivity contribution in [3.8, 4) is 22.6 Å². The van der Waals surface area contributed by atoms with Gasteiger partial charge in [0, 0.05) is 24.2 Å². The van der Waals surface area contributed by atoms with Crippen LogP contribution in [0.2, 0.25) is 0 Å². The molecule has 1 amide bonds. The van der Waals surface area contributed by atoms with Gasteiger partial charge in [0.05, 0.1) is 12.7 Å². The second kappa shape index (κ2) is 6.75. The molecule has 4 aromatic rings. The molecule has 1 aromatic carbocycles. The summed E-state index contributed by atoms with van der Waals surface area (Å²) in [5, 5.41) is 16.7. The van der Waals surface area contributed by atoms with Crippen molar-refractivity contribution in [2.75, 3.05) is 12.4 Å². The Labute approximate surface area is 154 Å². The lowest BCUT2D eigenvalue weighted by Crippen LogP contribution is -2.13. The number of benzene rings is 1. The Balaban J connectivity index is 1.63. The standard InChI is InChI=1S/C19H15N5O3/c1-27-16-9-12(4-6-15(16)25)14-5-7-17-21-19(23-24(17)11-14)22-18(26)13-3-2-8-20-10-13/h2-11,25H,1H3,(H,22,23,26). The van der Waals surface area contributed by atoms with Crippen molar-refractivity contribution < 1.29 is 14.6 Å². The van der Waals surface area contributed by atoms with Gasteiger partial charge in [0.1, 0.15) is 0 Å². The molecule has 0 aliphatic carbocycles. The Bertz CT molecular complexity index is 1120. The highest BCUT2D eigenvalue weighted by Gasteiger charge is 2.11. The first-order valence-electron chi connectivity index (χ1n) is 8.09. The predicted octanol–water partition coefficient (Wildman–Crippen LogP) is 2.76. The number of pyridine rings is 2. The second-order valence-corrected chi connectivity index (χ2v) is 5.74. The van der Waals surface area contributed by atoms with E-state index < -0.39 is 0 Å². The van der Waals surface area contributed by atoms with Gasteiger partial charge in [-0.15, -0.1) is 5.10 Å². The Morgan fingerprint density at radius 2 is 2.04 bits per heavy atom. The van der Waals surface area contributed by atoms with Gasteiger partial charge in [-0.3, -0.25) is 15.1 Å². The van der Waals surface area contributed by atoms with Crippen LogP contribution in [0, 0.1) is 0 Å². The average Bonchev–Trinajstić information content (AvgIpc) is 3.10. The van der Waals surface area contributed by atoms with Crippen LogP contribution < -0.4 is 10.1 Å². The lowest BCUT2D eigenvalue weighted by molar-refractivity contribution is 0.102. The van der Waals surface area contributed by atoms with Gasteiger partial charge < -0.3 is 9.84 Å². The van der Waals surface area contributed by atoms with Gasteiger partial charge in [0.2, 0.25) is 5.95 Å². The predicted molar refractivity (Wildman–Crippen MR) is 98.8 cm³/mol. The van der Waals surface area contributed by atoms with Gasteiger partial charge in [-0.1, -0.05) is 6.07 Å². The van der Waals surface area contributed by atoms with Crippen molar-refractivity contribution in [2.45, 2.75) is 0 Å². The second-order valence-electron chi connectivity index (χ2n) is 5.74. The third-order valence-corrected chi connectivity index (χ3v) is 3.99. The summed E-state index contributed by atoms with van der Waals surface area (Å²) in [7, 11) is 1.50. The highest BCUT2D eigenvalue weighted by Crippen LogP contribution is 2.31. The van der Waals surface area contributed by atoms with Crippen LogP contribution >= 0.6 is 0 Å². The molecular formula is C19H15N5O3. The van der Waals surface area contributed by atoms with E-state index in [-0.39, 0.29) is 17.6 Å². The van der Waals surface area contributed by atoms with Gasteiger partial charge in [0.15, 0.2) is 17.1 Å². The number of carbonyl (C=O) groups excluding carboxylic acids is 1. The molecule has 134 valence electrons.